The summed E-state index contributed by atoms with van der Waals surface area (Å²) in [5.41, 5.74) is 2.49. The zero-order valence-electron chi connectivity index (χ0n) is 11.5. The minimum atomic E-state index is -0.172. The predicted molar refractivity (Wildman–Crippen MR) is 70.3 cm³/mol. The number of hydrogen-bond acceptors (Lipinski definition) is 3. The molecule has 2 N–H and O–H groups in total. The summed E-state index contributed by atoms with van der Waals surface area (Å²) in [4.78, 5) is 0. The molecule has 100 valence electrons. The lowest BCUT2D eigenvalue weighted by Gasteiger charge is -2.50. The second-order valence-electron chi connectivity index (χ2n) is 6.40. The van der Waals surface area contributed by atoms with E-state index in [4.69, 9.17) is 0 Å². The van der Waals surface area contributed by atoms with Crippen LogP contribution in [0.5, 0.6) is 0 Å². The Morgan fingerprint density at radius 3 is 2.94 bits per heavy atom. The molecule has 18 heavy (non-hydrogen) atoms. The van der Waals surface area contributed by atoms with Crippen molar-refractivity contribution in [2.24, 2.45) is 5.41 Å². The average molecular weight is 249 g/mol. The third-order valence-corrected chi connectivity index (χ3v) is 4.80. The van der Waals surface area contributed by atoms with Gasteiger partial charge >= 0.3 is 0 Å². The van der Waals surface area contributed by atoms with Gasteiger partial charge in [-0.1, -0.05) is 13.8 Å². The van der Waals surface area contributed by atoms with Gasteiger partial charge in [-0.25, -0.2) is 0 Å². The summed E-state index contributed by atoms with van der Waals surface area (Å²) < 4.78 is 2.13. The monoisotopic (exact) mass is 249 g/mol. The van der Waals surface area contributed by atoms with Crippen LogP contribution in [0, 0.1) is 5.41 Å². The molecule has 2 aliphatic rings. The molecule has 1 aromatic heterocycles. The smallest absolute Gasteiger partial charge is 0.0794 e. The van der Waals surface area contributed by atoms with Gasteiger partial charge < -0.3 is 10.4 Å². The van der Waals surface area contributed by atoms with Crippen LogP contribution in [0.2, 0.25) is 0 Å². The Balaban J connectivity index is 1.66. The van der Waals surface area contributed by atoms with Crippen LogP contribution >= 0.6 is 0 Å². The fourth-order valence-electron chi connectivity index (χ4n) is 3.07. The molecule has 4 nitrogen and oxygen atoms in total. The van der Waals surface area contributed by atoms with Crippen molar-refractivity contribution in [3.63, 3.8) is 0 Å². The van der Waals surface area contributed by atoms with E-state index >= 15 is 0 Å². The topological polar surface area (TPSA) is 50.1 Å². The number of aliphatic hydroxyl groups is 1. The number of nitrogens with zero attached hydrogens (tertiary/aromatic N) is 2. The molecule has 0 saturated heterocycles. The first-order chi connectivity index (χ1) is 8.48. The van der Waals surface area contributed by atoms with E-state index in [2.05, 4.69) is 41.9 Å². The van der Waals surface area contributed by atoms with Crippen LogP contribution in [0.3, 0.4) is 0 Å². The van der Waals surface area contributed by atoms with E-state index < -0.39 is 0 Å². The van der Waals surface area contributed by atoms with Gasteiger partial charge in [0.1, 0.15) is 0 Å². The summed E-state index contributed by atoms with van der Waals surface area (Å²) in [6, 6.07) is 2.88. The lowest BCUT2D eigenvalue weighted by Crippen LogP contribution is -2.60. The first-order valence-electron chi connectivity index (χ1n) is 6.99. The highest BCUT2D eigenvalue weighted by atomic mass is 16.3. The van der Waals surface area contributed by atoms with Crippen LogP contribution in [-0.2, 0) is 13.0 Å². The lowest BCUT2D eigenvalue weighted by atomic mass is 9.64. The molecule has 3 unspecified atom stereocenters. The minimum absolute atomic E-state index is 0.0171. The van der Waals surface area contributed by atoms with Crippen LogP contribution in [0.25, 0.3) is 0 Å². The van der Waals surface area contributed by atoms with Crippen LogP contribution in [0.15, 0.2) is 6.07 Å². The summed E-state index contributed by atoms with van der Waals surface area (Å²) in [5.74, 6) is 0. The number of fused-ring (bicyclic) bond motifs is 1. The van der Waals surface area contributed by atoms with Gasteiger partial charge in [0.15, 0.2) is 0 Å². The highest BCUT2D eigenvalue weighted by molar-refractivity contribution is 5.17. The number of nitrogens with one attached hydrogen (secondary N) is 1. The molecule has 0 radical (unpaired) electrons. The quantitative estimate of drug-likeness (QED) is 0.856. The largest absolute Gasteiger partial charge is 0.392 e. The van der Waals surface area contributed by atoms with Crippen LogP contribution in [-0.4, -0.2) is 27.0 Å². The van der Waals surface area contributed by atoms with Gasteiger partial charge in [0, 0.05) is 29.7 Å². The van der Waals surface area contributed by atoms with E-state index in [0.717, 1.165) is 25.1 Å². The molecule has 0 amide bonds. The molecular weight excluding hydrogens is 226 g/mol. The molecule has 1 aromatic rings. The summed E-state index contributed by atoms with van der Waals surface area (Å²) in [5, 5.41) is 18.0. The first-order valence-corrected chi connectivity index (χ1v) is 6.99. The number of aryl methyl sites for hydroxylation is 2. The van der Waals surface area contributed by atoms with Crippen LogP contribution < -0.4 is 5.32 Å². The molecule has 0 aromatic carbocycles. The molecule has 1 aliphatic carbocycles. The lowest BCUT2D eigenvalue weighted by molar-refractivity contribution is -0.0756. The maximum atomic E-state index is 9.77. The fourth-order valence-corrected chi connectivity index (χ4v) is 3.07. The zero-order chi connectivity index (χ0) is 12.9. The molecule has 0 spiro atoms. The Bertz CT molecular complexity index is 430. The zero-order valence-corrected chi connectivity index (χ0v) is 11.5. The van der Waals surface area contributed by atoms with Crippen molar-refractivity contribution in [2.75, 3.05) is 0 Å². The van der Waals surface area contributed by atoms with Gasteiger partial charge in [0.25, 0.3) is 0 Å². The summed E-state index contributed by atoms with van der Waals surface area (Å²) in [6.07, 6.45) is 3.07. The van der Waals surface area contributed by atoms with E-state index in [1.807, 2.05) is 0 Å². The Kier molecular flexibility index (Phi) is 2.75. The second-order valence-corrected chi connectivity index (χ2v) is 6.40. The van der Waals surface area contributed by atoms with E-state index in [0.29, 0.717) is 6.04 Å². The maximum Gasteiger partial charge on any atom is 0.0794 e. The standard InChI is InChI=1S/C14H23N3O/c1-9(15-12-8-13(18)14(12,2)3)11-7-10-5-4-6-17(10)16-11/h7,9,12-13,15,18H,4-6,8H2,1-3H3. The predicted octanol–water partition coefficient (Wildman–Crippen LogP) is 1.64. The Morgan fingerprint density at radius 2 is 2.33 bits per heavy atom. The Labute approximate surface area is 108 Å². The Hall–Kier alpha value is -0.870. The van der Waals surface area contributed by atoms with Crippen molar-refractivity contribution >= 4 is 0 Å². The number of rotatable bonds is 3. The third-order valence-electron chi connectivity index (χ3n) is 4.80. The highest BCUT2D eigenvalue weighted by Crippen LogP contribution is 2.41. The molecule has 1 aliphatic heterocycles. The molecule has 3 rings (SSSR count). The molecular formula is C14H23N3O. The SMILES string of the molecule is CC(NC1CC(O)C1(C)C)c1cc2n(n1)CCC2. The van der Waals surface area contributed by atoms with Crippen molar-refractivity contribution in [2.45, 2.75) is 64.8 Å². The molecule has 1 fully saturated rings. The third kappa shape index (κ3) is 1.79. The molecule has 2 heterocycles. The van der Waals surface area contributed by atoms with Gasteiger partial charge in [-0.15, -0.1) is 0 Å². The van der Waals surface area contributed by atoms with E-state index in [1.165, 1.54) is 12.1 Å². The van der Waals surface area contributed by atoms with Crippen molar-refractivity contribution in [1.82, 2.24) is 15.1 Å². The van der Waals surface area contributed by atoms with Crippen LogP contribution in [0.4, 0.5) is 0 Å². The highest BCUT2D eigenvalue weighted by Gasteiger charge is 2.47. The van der Waals surface area contributed by atoms with Gasteiger partial charge in [0.2, 0.25) is 0 Å². The van der Waals surface area contributed by atoms with Crippen molar-refractivity contribution < 1.29 is 5.11 Å². The summed E-state index contributed by atoms with van der Waals surface area (Å²) >= 11 is 0. The molecule has 1 saturated carbocycles. The number of aromatic nitrogens is 2. The summed E-state index contributed by atoms with van der Waals surface area (Å²) in [6.45, 7) is 7.48. The van der Waals surface area contributed by atoms with E-state index in [9.17, 15) is 5.11 Å². The molecule has 0 bridgehead atoms. The van der Waals surface area contributed by atoms with Gasteiger partial charge in [-0.3, -0.25) is 4.68 Å². The van der Waals surface area contributed by atoms with Crippen molar-refractivity contribution in [1.29, 1.82) is 0 Å². The number of hydrogen-bond donors (Lipinski definition) is 2. The fraction of sp³-hybridized carbons (Fsp3) is 0.786. The van der Waals surface area contributed by atoms with Gasteiger partial charge in [-0.2, -0.15) is 5.10 Å². The molecule has 4 heteroatoms. The van der Waals surface area contributed by atoms with Gasteiger partial charge in [-0.05, 0) is 32.3 Å². The van der Waals surface area contributed by atoms with Crippen molar-refractivity contribution in [3.8, 4) is 0 Å². The second kappa shape index (κ2) is 4.07. The van der Waals surface area contributed by atoms with Crippen molar-refractivity contribution in [3.05, 3.63) is 17.5 Å². The normalized spacial score (nSPS) is 30.9. The maximum absolute atomic E-state index is 9.77. The van der Waals surface area contributed by atoms with Gasteiger partial charge in [0.05, 0.1) is 11.8 Å². The summed E-state index contributed by atoms with van der Waals surface area (Å²) in [7, 11) is 0. The van der Waals surface area contributed by atoms with E-state index in [1.54, 1.807) is 0 Å². The molecule has 3 atom stereocenters. The minimum Gasteiger partial charge on any atom is -0.392 e. The average Bonchev–Trinajstić information content (AvgIpc) is 2.88. The Morgan fingerprint density at radius 1 is 1.56 bits per heavy atom. The van der Waals surface area contributed by atoms with E-state index in [-0.39, 0.29) is 17.6 Å². The first kappa shape index (κ1) is 12.2. The number of aliphatic hydroxyl groups excluding tert-OH is 1. The van der Waals surface area contributed by atoms with Crippen LogP contribution in [0.1, 0.15) is 51.0 Å².